The van der Waals surface area contributed by atoms with Gasteiger partial charge >= 0.3 is 0 Å². The van der Waals surface area contributed by atoms with Crippen LogP contribution < -0.4 is 15.9 Å². The highest BCUT2D eigenvalue weighted by molar-refractivity contribution is 6.35. The van der Waals surface area contributed by atoms with Crippen LogP contribution in [0.3, 0.4) is 0 Å². The number of hydrogen-bond acceptors (Lipinski definition) is 3. The smallest absolute Gasteiger partial charge is 0.142 e. The first-order valence-electron chi connectivity index (χ1n) is 4.22. The summed E-state index contributed by atoms with van der Waals surface area (Å²) in [6, 6.07) is 5.63. The van der Waals surface area contributed by atoms with Gasteiger partial charge in [-0.05, 0) is 18.2 Å². The maximum Gasteiger partial charge on any atom is 0.142 e. The zero-order valence-electron chi connectivity index (χ0n) is 8.04. The first-order valence-corrected chi connectivity index (χ1v) is 4.22. The van der Waals surface area contributed by atoms with E-state index in [0.29, 0.717) is 13.2 Å². The molecule has 0 spiro atoms. The second kappa shape index (κ2) is 4.77. The van der Waals surface area contributed by atoms with Gasteiger partial charge in [-0.25, -0.2) is 0 Å². The number of anilines is 1. The van der Waals surface area contributed by atoms with Crippen molar-refractivity contribution in [3.8, 4) is 5.75 Å². The van der Waals surface area contributed by atoms with Gasteiger partial charge in [0.15, 0.2) is 0 Å². The lowest BCUT2D eigenvalue weighted by atomic mass is 9.94. The summed E-state index contributed by atoms with van der Waals surface area (Å²) in [5.41, 5.74) is 7.49. The normalized spacial score (nSPS) is 9.92. The molecule has 1 rings (SSSR count). The molecule has 1 aromatic rings. The third kappa shape index (κ3) is 2.99. The fourth-order valence-corrected chi connectivity index (χ4v) is 0.981. The van der Waals surface area contributed by atoms with Crippen molar-refractivity contribution in [3.63, 3.8) is 0 Å². The molecule has 0 bridgehead atoms. The average Bonchev–Trinajstić information content (AvgIpc) is 2.12. The summed E-state index contributed by atoms with van der Waals surface area (Å²) in [6.45, 7) is 1.17. The predicted molar refractivity (Wildman–Crippen MR) is 56.4 cm³/mol. The van der Waals surface area contributed by atoms with E-state index in [1.54, 1.807) is 7.11 Å². The molecule has 0 amide bonds. The standard InChI is InChI=1S/C9H14BNO2/c1-12-4-5-13-7-2-3-9(11)8(10)6-7/h2-3,6H,4-5,10-11H2,1H3. The zero-order chi connectivity index (χ0) is 9.68. The molecule has 0 radical (unpaired) electrons. The number of methoxy groups -OCH3 is 1. The van der Waals surface area contributed by atoms with Crippen molar-refractivity contribution in [2.75, 3.05) is 26.1 Å². The monoisotopic (exact) mass is 179 g/mol. The summed E-state index contributed by atoms with van der Waals surface area (Å²) in [7, 11) is 3.61. The van der Waals surface area contributed by atoms with E-state index in [-0.39, 0.29) is 0 Å². The number of rotatable bonds is 4. The van der Waals surface area contributed by atoms with Gasteiger partial charge < -0.3 is 15.2 Å². The second-order valence-electron chi connectivity index (χ2n) is 2.86. The molecule has 4 heteroatoms. The van der Waals surface area contributed by atoms with Crippen LogP contribution in [0, 0.1) is 0 Å². The third-order valence-electron chi connectivity index (χ3n) is 1.80. The van der Waals surface area contributed by atoms with E-state index in [9.17, 15) is 0 Å². The molecule has 0 saturated carbocycles. The van der Waals surface area contributed by atoms with Crippen LogP contribution in [0.1, 0.15) is 0 Å². The van der Waals surface area contributed by atoms with Crippen LogP contribution in [0.5, 0.6) is 5.75 Å². The van der Waals surface area contributed by atoms with E-state index >= 15 is 0 Å². The Bertz CT molecular complexity index is 278. The van der Waals surface area contributed by atoms with Crippen molar-refractivity contribution < 1.29 is 9.47 Å². The number of ether oxygens (including phenoxy) is 2. The maximum atomic E-state index is 5.66. The number of hydrogen-bond donors (Lipinski definition) is 1. The molecule has 0 aliphatic rings. The third-order valence-corrected chi connectivity index (χ3v) is 1.80. The van der Waals surface area contributed by atoms with E-state index in [1.165, 1.54) is 0 Å². The quantitative estimate of drug-likeness (QED) is 0.387. The molecule has 2 N–H and O–H groups in total. The Kier molecular flexibility index (Phi) is 3.64. The van der Waals surface area contributed by atoms with Gasteiger partial charge in [-0.2, -0.15) is 0 Å². The van der Waals surface area contributed by atoms with Crippen LogP contribution in [-0.4, -0.2) is 28.2 Å². The van der Waals surface area contributed by atoms with Gasteiger partial charge in [0.25, 0.3) is 0 Å². The first-order chi connectivity index (χ1) is 6.24. The SMILES string of the molecule is Bc1cc(OCCOC)ccc1N. The lowest BCUT2D eigenvalue weighted by Crippen LogP contribution is -2.11. The Labute approximate surface area is 79.2 Å². The number of benzene rings is 1. The molecule has 0 fully saturated rings. The topological polar surface area (TPSA) is 44.5 Å². The molecule has 0 aliphatic carbocycles. The Morgan fingerprint density at radius 3 is 2.77 bits per heavy atom. The molecule has 0 heterocycles. The van der Waals surface area contributed by atoms with Crippen LogP contribution >= 0.6 is 0 Å². The van der Waals surface area contributed by atoms with Crippen molar-refractivity contribution in [1.29, 1.82) is 0 Å². The summed E-state index contributed by atoms with van der Waals surface area (Å²) >= 11 is 0. The largest absolute Gasteiger partial charge is 0.491 e. The van der Waals surface area contributed by atoms with Crippen molar-refractivity contribution >= 4 is 19.0 Å². The Morgan fingerprint density at radius 2 is 2.15 bits per heavy atom. The molecule has 0 saturated heterocycles. The van der Waals surface area contributed by atoms with Crippen molar-refractivity contribution in [2.45, 2.75) is 0 Å². The summed E-state index contributed by atoms with van der Waals surface area (Å²) in [6.07, 6.45) is 0. The maximum absolute atomic E-state index is 5.66. The first kappa shape index (κ1) is 9.93. The van der Waals surface area contributed by atoms with Crippen LogP contribution in [-0.2, 0) is 4.74 Å². The minimum Gasteiger partial charge on any atom is -0.491 e. The van der Waals surface area contributed by atoms with E-state index in [4.69, 9.17) is 15.2 Å². The highest BCUT2D eigenvalue weighted by atomic mass is 16.5. The van der Waals surface area contributed by atoms with Gasteiger partial charge in [0, 0.05) is 12.8 Å². The molecule has 0 atom stereocenters. The van der Waals surface area contributed by atoms with Gasteiger partial charge in [-0.3, -0.25) is 0 Å². The van der Waals surface area contributed by atoms with Gasteiger partial charge in [-0.1, -0.05) is 5.46 Å². The lowest BCUT2D eigenvalue weighted by Gasteiger charge is -2.07. The number of nitrogens with two attached hydrogens (primary N) is 1. The van der Waals surface area contributed by atoms with E-state index in [2.05, 4.69) is 0 Å². The van der Waals surface area contributed by atoms with Crippen LogP contribution in [0.2, 0.25) is 0 Å². The highest BCUT2D eigenvalue weighted by Gasteiger charge is 1.96. The summed E-state index contributed by atoms with van der Waals surface area (Å²) in [5.74, 6) is 0.837. The van der Waals surface area contributed by atoms with Gasteiger partial charge in [0.1, 0.15) is 20.2 Å². The zero-order valence-corrected chi connectivity index (χ0v) is 8.04. The van der Waals surface area contributed by atoms with Gasteiger partial charge in [-0.15, -0.1) is 0 Å². The predicted octanol–water partition coefficient (Wildman–Crippen LogP) is -0.448. The molecular weight excluding hydrogens is 165 g/mol. The van der Waals surface area contributed by atoms with Crippen molar-refractivity contribution in [3.05, 3.63) is 18.2 Å². The average molecular weight is 179 g/mol. The van der Waals surface area contributed by atoms with E-state index in [1.807, 2.05) is 26.0 Å². The van der Waals surface area contributed by atoms with Crippen LogP contribution in [0.25, 0.3) is 0 Å². The molecule has 13 heavy (non-hydrogen) atoms. The highest BCUT2D eigenvalue weighted by Crippen LogP contribution is 2.10. The van der Waals surface area contributed by atoms with E-state index < -0.39 is 0 Å². The van der Waals surface area contributed by atoms with Crippen LogP contribution in [0.4, 0.5) is 5.69 Å². The Balaban J connectivity index is 2.53. The van der Waals surface area contributed by atoms with Crippen molar-refractivity contribution in [1.82, 2.24) is 0 Å². The van der Waals surface area contributed by atoms with Gasteiger partial charge in [0.05, 0.1) is 6.61 Å². The molecular formula is C9H14BNO2. The van der Waals surface area contributed by atoms with E-state index in [0.717, 1.165) is 16.9 Å². The molecule has 0 aliphatic heterocycles. The fraction of sp³-hybridized carbons (Fsp3) is 0.333. The fourth-order valence-electron chi connectivity index (χ4n) is 0.981. The lowest BCUT2D eigenvalue weighted by molar-refractivity contribution is 0.146. The summed E-state index contributed by atoms with van der Waals surface area (Å²) < 4.78 is 10.3. The number of nitrogen functional groups attached to an aromatic ring is 1. The van der Waals surface area contributed by atoms with Crippen molar-refractivity contribution in [2.24, 2.45) is 0 Å². The summed E-state index contributed by atoms with van der Waals surface area (Å²) in [5, 5.41) is 0. The Hall–Kier alpha value is -1.16. The molecule has 0 aromatic heterocycles. The molecule has 3 nitrogen and oxygen atoms in total. The second-order valence-corrected chi connectivity index (χ2v) is 2.86. The molecule has 70 valence electrons. The minimum absolute atomic E-state index is 0.569. The Morgan fingerprint density at radius 1 is 1.38 bits per heavy atom. The summed E-state index contributed by atoms with van der Waals surface area (Å²) in [4.78, 5) is 0. The van der Waals surface area contributed by atoms with Gasteiger partial charge in [0.2, 0.25) is 0 Å². The molecule has 1 aromatic carbocycles. The minimum atomic E-state index is 0.569. The van der Waals surface area contributed by atoms with Crippen LogP contribution in [0.15, 0.2) is 18.2 Å². The molecule has 0 unspecified atom stereocenters.